The zero-order valence-corrected chi connectivity index (χ0v) is 9.16. The van der Waals surface area contributed by atoms with Crippen molar-refractivity contribution in [3.63, 3.8) is 0 Å². The lowest BCUT2D eigenvalue weighted by atomic mass is 10.3. The Kier molecular flexibility index (Phi) is 2.85. The molecule has 0 bridgehead atoms. The van der Waals surface area contributed by atoms with Crippen molar-refractivity contribution >= 4 is 25.9 Å². The van der Waals surface area contributed by atoms with Crippen LogP contribution in [0.3, 0.4) is 0 Å². The number of hydrogen-bond acceptors (Lipinski definition) is 6. The van der Waals surface area contributed by atoms with Crippen LogP contribution in [-0.2, 0) is 20.2 Å². The van der Waals surface area contributed by atoms with Crippen LogP contribution in [-0.4, -0.2) is 31.0 Å². The molecule has 0 spiro atoms. The molecule has 16 heavy (non-hydrogen) atoms. The van der Waals surface area contributed by atoms with Gasteiger partial charge in [-0.15, -0.1) is 0 Å². The van der Waals surface area contributed by atoms with E-state index in [2.05, 4.69) is 0 Å². The Balaban J connectivity index is 3.78. The smallest absolute Gasteiger partial charge is 0.298 e. The standard InChI is InChI=1S/C6H7NO7S2/c7-3-1-4(15(9,10)11)6(8)5(2-3)16(12,13)14/h1-2,8H,7H2,(H,9,10,11)(H,12,13,14). The molecule has 0 aliphatic rings. The number of aromatic hydroxyl groups is 1. The molecule has 0 aliphatic carbocycles. The molecule has 1 aromatic rings. The van der Waals surface area contributed by atoms with Crippen LogP contribution in [0.1, 0.15) is 0 Å². The Morgan fingerprint density at radius 2 is 1.25 bits per heavy atom. The van der Waals surface area contributed by atoms with Crippen molar-refractivity contribution in [3.8, 4) is 5.75 Å². The van der Waals surface area contributed by atoms with Crippen molar-refractivity contribution < 1.29 is 31.0 Å². The van der Waals surface area contributed by atoms with E-state index in [0.29, 0.717) is 12.1 Å². The van der Waals surface area contributed by atoms with E-state index in [-0.39, 0.29) is 5.69 Å². The lowest BCUT2D eigenvalue weighted by molar-refractivity contribution is 0.423. The molecule has 0 saturated heterocycles. The summed E-state index contributed by atoms with van der Waals surface area (Å²) >= 11 is 0. The Hall–Kier alpha value is -1.36. The monoisotopic (exact) mass is 269 g/mol. The summed E-state index contributed by atoms with van der Waals surface area (Å²) in [4.78, 5) is -2.19. The SMILES string of the molecule is Nc1cc(S(=O)(=O)O)c(O)c(S(=O)(=O)O)c1. The molecule has 0 saturated carbocycles. The molecule has 0 aromatic heterocycles. The molecule has 90 valence electrons. The average molecular weight is 269 g/mol. The summed E-state index contributed by atoms with van der Waals surface area (Å²) < 4.78 is 60.3. The Morgan fingerprint density at radius 3 is 1.50 bits per heavy atom. The van der Waals surface area contributed by atoms with Gasteiger partial charge in [0.15, 0.2) is 5.75 Å². The van der Waals surface area contributed by atoms with Gasteiger partial charge in [-0.25, -0.2) is 0 Å². The lowest BCUT2D eigenvalue weighted by Gasteiger charge is -2.06. The van der Waals surface area contributed by atoms with Crippen LogP contribution in [0.4, 0.5) is 5.69 Å². The van der Waals surface area contributed by atoms with Crippen LogP contribution in [0.15, 0.2) is 21.9 Å². The van der Waals surface area contributed by atoms with E-state index >= 15 is 0 Å². The topological polar surface area (TPSA) is 155 Å². The highest BCUT2D eigenvalue weighted by Gasteiger charge is 2.25. The van der Waals surface area contributed by atoms with E-state index in [1.165, 1.54) is 0 Å². The van der Waals surface area contributed by atoms with Gasteiger partial charge in [-0.1, -0.05) is 0 Å². The Labute approximate surface area is 90.8 Å². The van der Waals surface area contributed by atoms with Crippen molar-refractivity contribution in [1.29, 1.82) is 0 Å². The van der Waals surface area contributed by atoms with E-state index < -0.39 is 35.8 Å². The van der Waals surface area contributed by atoms with Crippen LogP contribution < -0.4 is 5.73 Å². The van der Waals surface area contributed by atoms with Gasteiger partial charge in [-0.05, 0) is 12.1 Å². The zero-order chi connectivity index (χ0) is 12.7. The summed E-state index contributed by atoms with van der Waals surface area (Å²) in [7, 11) is -9.69. The molecular formula is C6H7NO7S2. The van der Waals surface area contributed by atoms with Crippen LogP contribution >= 0.6 is 0 Å². The van der Waals surface area contributed by atoms with Crippen molar-refractivity contribution in [2.24, 2.45) is 0 Å². The first kappa shape index (κ1) is 12.7. The second kappa shape index (κ2) is 3.59. The predicted octanol–water partition coefficient (Wildman–Crippen LogP) is -0.532. The van der Waals surface area contributed by atoms with Gasteiger partial charge in [-0.2, -0.15) is 16.8 Å². The van der Waals surface area contributed by atoms with E-state index in [0.717, 1.165) is 0 Å². The molecule has 0 heterocycles. The molecule has 0 amide bonds. The Morgan fingerprint density at radius 1 is 0.938 bits per heavy atom. The zero-order valence-electron chi connectivity index (χ0n) is 7.52. The van der Waals surface area contributed by atoms with Crippen LogP contribution in [0.5, 0.6) is 5.75 Å². The van der Waals surface area contributed by atoms with E-state index in [9.17, 15) is 21.9 Å². The first-order valence-electron chi connectivity index (χ1n) is 3.61. The van der Waals surface area contributed by atoms with Crippen LogP contribution in [0, 0.1) is 0 Å². The number of anilines is 1. The summed E-state index contributed by atoms with van der Waals surface area (Å²) in [6.07, 6.45) is 0. The molecule has 0 unspecified atom stereocenters. The number of nitrogen functional groups attached to an aromatic ring is 1. The number of hydrogen-bond donors (Lipinski definition) is 4. The number of phenolic OH excluding ortho intramolecular Hbond substituents is 1. The van der Waals surface area contributed by atoms with Gasteiger partial charge >= 0.3 is 0 Å². The van der Waals surface area contributed by atoms with Crippen molar-refractivity contribution in [2.75, 3.05) is 5.73 Å². The van der Waals surface area contributed by atoms with Gasteiger partial charge in [0, 0.05) is 5.69 Å². The van der Waals surface area contributed by atoms with Gasteiger partial charge in [-0.3, -0.25) is 9.11 Å². The fourth-order valence-electron chi connectivity index (χ4n) is 0.996. The second-order valence-electron chi connectivity index (χ2n) is 2.82. The minimum absolute atomic E-state index is 0.363. The minimum atomic E-state index is -4.84. The molecule has 0 fully saturated rings. The van der Waals surface area contributed by atoms with Crippen LogP contribution in [0.25, 0.3) is 0 Å². The van der Waals surface area contributed by atoms with Crippen LogP contribution in [0.2, 0.25) is 0 Å². The molecule has 0 aliphatic heterocycles. The van der Waals surface area contributed by atoms with Gasteiger partial charge in [0.05, 0.1) is 0 Å². The highest BCUT2D eigenvalue weighted by atomic mass is 32.2. The molecule has 1 aromatic carbocycles. The van der Waals surface area contributed by atoms with Crippen molar-refractivity contribution in [1.82, 2.24) is 0 Å². The Bertz CT molecular complexity index is 578. The highest BCUT2D eigenvalue weighted by Crippen LogP contribution is 2.32. The first-order chi connectivity index (χ1) is 7.03. The lowest BCUT2D eigenvalue weighted by Crippen LogP contribution is -2.06. The highest BCUT2D eigenvalue weighted by molar-refractivity contribution is 7.86. The summed E-state index contributed by atoms with van der Waals surface area (Å²) in [5.41, 5.74) is 4.80. The number of rotatable bonds is 2. The second-order valence-corrected chi connectivity index (χ2v) is 5.60. The number of benzene rings is 1. The van der Waals surface area contributed by atoms with E-state index in [4.69, 9.17) is 14.8 Å². The summed E-state index contributed by atoms with van der Waals surface area (Å²) in [6.45, 7) is 0. The fourth-order valence-corrected chi connectivity index (χ4v) is 2.34. The molecule has 0 atom stereocenters. The van der Waals surface area contributed by atoms with E-state index in [1.54, 1.807) is 0 Å². The molecule has 8 nitrogen and oxygen atoms in total. The first-order valence-corrected chi connectivity index (χ1v) is 6.49. The number of nitrogens with two attached hydrogens (primary N) is 1. The number of phenols is 1. The largest absolute Gasteiger partial charge is 0.505 e. The molecular weight excluding hydrogens is 262 g/mol. The summed E-state index contributed by atoms with van der Waals surface area (Å²) in [5, 5.41) is 9.25. The average Bonchev–Trinajstić information content (AvgIpc) is 2.04. The summed E-state index contributed by atoms with van der Waals surface area (Å²) in [5.74, 6) is -1.29. The van der Waals surface area contributed by atoms with Crippen molar-refractivity contribution in [2.45, 2.75) is 9.79 Å². The maximum absolute atomic E-state index is 10.7. The molecule has 10 heteroatoms. The molecule has 5 N–H and O–H groups in total. The molecule has 0 radical (unpaired) electrons. The van der Waals surface area contributed by atoms with Gasteiger partial charge in [0.1, 0.15) is 9.79 Å². The maximum Gasteiger partial charge on any atom is 0.298 e. The predicted molar refractivity (Wildman–Crippen MR) is 52.1 cm³/mol. The quantitative estimate of drug-likeness (QED) is 0.317. The minimum Gasteiger partial charge on any atom is -0.505 e. The van der Waals surface area contributed by atoms with E-state index in [1.807, 2.05) is 0 Å². The third-order valence-electron chi connectivity index (χ3n) is 1.62. The maximum atomic E-state index is 10.7. The van der Waals surface area contributed by atoms with Gasteiger partial charge in [0.25, 0.3) is 20.2 Å². The normalized spacial score (nSPS) is 12.6. The third-order valence-corrected chi connectivity index (χ3v) is 3.35. The fraction of sp³-hybridized carbons (Fsp3) is 0. The van der Waals surface area contributed by atoms with Gasteiger partial charge < -0.3 is 10.8 Å². The van der Waals surface area contributed by atoms with Gasteiger partial charge in [0.2, 0.25) is 0 Å². The third kappa shape index (κ3) is 2.41. The molecule has 1 rings (SSSR count). The van der Waals surface area contributed by atoms with Crippen molar-refractivity contribution in [3.05, 3.63) is 12.1 Å². The summed E-state index contributed by atoms with van der Waals surface area (Å²) in [6, 6.07) is 1.30.